The van der Waals surface area contributed by atoms with Crippen LogP contribution in [0.2, 0.25) is 24.2 Å². The van der Waals surface area contributed by atoms with Gasteiger partial charge in [-0.3, -0.25) is 0 Å². The van der Waals surface area contributed by atoms with E-state index in [1.54, 1.807) is 27.7 Å². The lowest BCUT2D eigenvalue weighted by atomic mass is 10.4. The summed E-state index contributed by atoms with van der Waals surface area (Å²) in [6.07, 6.45) is 0. The van der Waals surface area contributed by atoms with Crippen molar-refractivity contribution in [3.8, 4) is 0 Å². The van der Waals surface area contributed by atoms with Gasteiger partial charge in [-0.1, -0.05) is 20.7 Å². The van der Waals surface area contributed by atoms with Crippen molar-refractivity contribution in [3.63, 3.8) is 0 Å². The molecule has 0 amide bonds. The Morgan fingerprint density at radius 2 is 0.762 bits per heavy atom. The SMILES string of the molecule is CC(C[Si](CC(C)N=O)(CC(C)N=O)CC(C)N=O)N=O. The van der Waals surface area contributed by atoms with Crippen LogP contribution in [0.25, 0.3) is 0 Å². The molecule has 0 spiro atoms. The summed E-state index contributed by atoms with van der Waals surface area (Å²) in [6, 6.07) is 0.348. The fourth-order valence-electron chi connectivity index (χ4n) is 3.16. The van der Waals surface area contributed by atoms with E-state index in [1.165, 1.54) is 0 Å². The highest BCUT2D eigenvalue weighted by Crippen LogP contribution is 2.34. The maximum absolute atomic E-state index is 10.8. The quantitative estimate of drug-likeness (QED) is 0.398. The van der Waals surface area contributed by atoms with Gasteiger partial charge in [0.05, 0.1) is 32.2 Å². The summed E-state index contributed by atoms with van der Waals surface area (Å²) in [5.41, 5.74) is 0. The molecule has 0 radical (unpaired) electrons. The molecule has 0 aromatic heterocycles. The van der Waals surface area contributed by atoms with Gasteiger partial charge in [0.25, 0.3) is 0 Å². The first kappa shape index (κ1) is 19.6. The summed E-state index contributed by atoms with van der Waals surface area (Å²) in [4.78, 5) is 43.1. The van der Waals surface area contributed by atoms with Crippen molar-refractivity contribution in [2.45, 2.75) is 76.0 Å². The van der Waals surface area contributed by atoms with Crippen molar-refractivity contribution in [3.05, 3.63) is 19.6 Å². The molecule has 9 heteroatoms. The van der Waals surface area contributed by atoms with Gasteiger partial charge in [-0.15, -0.1) is 0 Å². The van der Waals surface area contributed by atoms with Gasteiger partial charge in [-0.2, -0.15) is 19.6 Å². The summed E-state index contributed by atoms with van der Waals surface area (Å²) in [5, 5.41) is 12.1. The maximum Gasteiger partial charge on any atom is 0.0868 e. The average Bonchev–Trinajstić information content (AvgIpc) is 2.46. The maximum atomic E-state index is 10.8. The Morgan fingerprint density at radius 1 is 0.571 bits per heavy atom. The molecule has 0 rings (SSSR count). The third-order valence-corrected chi connectivity index (χ3v) is 9.46. The van der Waals surface area contributed by atoms with Gasteiger partial charge in [0.1, 0.15) is 0 Å². The van der Waals surface area contributed by atoms with Gasteiger partial charge in [0.2, 0.25) is 0 Å². The van der Waals surface area contributed by atoms with Crippen molar-refractivity contribution >= 4 is 8.07 Å². The number of hydrogen-bond donors (Lipinski definition) is 0. The number of nitrogens with zero attached hydrogens (tertiary/aromatic N) is 4. The molecule has 0 fully saturated rings. The second kappa shape index (κ2) is 9.53. The van der Waals surface area contributed by atoms with E-state index in [2.05, 4.69) is 20.7 Å². The second-order valence-electron chi connectivity index (χ2n) is 6.13. The lowest BCUT2D eigenvalue weighted by molar-refractivity contribution is 0.700. The molecule has 0 aliphatic rings. The van der Waals surface area contributed by atoms with Crippen LogP contribution in [-0.2, 0) is 0 Å². The van der Waals surface area contributed by atoms with Crippen LogP contribution in [0.5, 0.6) is 0 Å². The highest BCUT2D eigenvalue weighted by atomic mass is 28.3. The molecular formula is C12H24N4O4Si. The van der Waals surface area contributed by atoms with Crippen LogP contribution in [0.1, 0.15) is 27.7 Å². The minimum atomic E-state index is -2.31. The van der Waals surface area contributed by atoms with Crippen LogP contribution in [0.3, 0.4) is 0 Å². The van der Waals surface area contributed by atoms with E-state index in [1.807, 2.05) is 0 Å². The Balaban J connectivity index is 5.42. The van der Waals surface area contributed by atoms with Crippen molar-refractivity contribution in [1.82, 2.24) is 0 Å². The summed E-state index contributed by atoms with van der Waals surface area (Å²) < 4.78 is 0. The first-order valence-corrected chi connectivity index (χ1v) is 9.95. The van der Waals surface area contributed by atoms with Gasteiger partial charge >= 0.3 is 0 Å². The van der Waals surface area contributed by atoms with E-state index in [0.29, 0.717) is 24.2 Å². The van der Waals surface area contributed by atoms with E-state index in [4.69, 9.17) is 0 Å². The number of hydrogen-bond acceptors (Lipinski definition) is 8. The zero-order chi connectivity index (χ0) is 16.5. The van der Waals surface area contributed by atoms with Crippen molar-refractivity contribution in [1.29, 1.82) is 0 Å². The van der Waals surface area contributed by atoms with Crippen molar-refractivity contribution < 1.29 is 0 Å². The molecule has 0 aromatic rings. The molecule has 0 aliphatic carbocycles. The average molecular weight is 316 g/mol. The molecule has 0 aliphatic heterocycles. The third-order valence-electron chi connectivity index (χ3n) is 3.63. The molecule has 4 atom stereocenters. The first-order chi connectivity index (χ1) is 9.82. The standard InChI is InChI=1S/C12H24N4O4Si/c1-9(13-17)5-21(6-10(2)14-18,7-11(3)15-19)8-12(4)16-20/h9-12H,5-8H2,1-4H3. The molecule has 0 N–H and O–H groups in total. The Morgan fingerprint density at radius 3 is 0.905 bits per heavy atom. The molecule has 21 heavy (non-hydrogen) atoms. The second-order valence-corrected chi connectivity index (χ2v) is 10.8. The Hall–Kier alpha value is -1.38. The molecule has 0 heterocycles. The lowest BCUT2D eigenvalue weighted by Gasteiger charge is -2.35. The Bertz CT molecular complexity index is 300. The smallest absolute Gasteiger partial charge is 0.0868 e. The predicted molar refractivity (Wildman–Crippen MR) is 86.0 cm³/mol. The number of nitroso groups, excluding NO2 is 4. The molecule has 0 bridgehead atoms. The lowest BCUT2D eigenvalue weighted by Crippen LogP contribution is -2.43. The first-order valence-electron chi connectivity index (χ1n) is 7.12. The van der Waals surface area contributed by atoms with Gasteiger partial charge in [0.15, 0.2) is 0 Å². The van der Waals surface area contributed by atoms with E-state index in [-0.39, 0.29) is 0 Å². The molecule has 0 saturated heterocycles. The van der Waals surface area contributed by atoms with Gasteiger partial charge < -0.3 is 0 Å². The minimum absolute atomic E-state index is 0.423. The van der Waals surface area contributed by atoms with Crippen LogP contribution in [0.15, 0.2) is 20.7 Å². The van der Waals surface area contributed by atoms with Crippen LogP contribution in [-0.4, -0.2) is 32.2 Å². The normalized spacial score (nSPS) is 19.6. The molecule has 120 valence electrons. The molecule has 4 unspecified atom stereocenters. The van der Waals surface area contributed by atoms with Gasteiger partial charge in [-0.25, -0.2) is 0 Å². The van der Waals surface area contributed by atoms with E-state index in [0.717, 1.165) is 0 Å². The summed E-state index contributed by atoms with van der Waals surface area (Å²) in [5.74, 6) is 0. The molecule has 0 aromatic carbocycles. The summed E-state index contributed by atoms with van der Waals surface area (Å²) in [7, 11) is -2.31. The fourth-order valence-corrected chi connectivity index (χ4v) is 9.47. The summed E-state index contributed by atoms with van der Waals surface area (Å²) >= 11 is 0. The Kier molecular flexibility index (Phi) is 8.91. The van der Waals surface area contributed by atoms with Crippen LogP contribution in [0.4, 0.5) is 0 Å². The van der Waals surface area contributed by atoms with Crippen LogP contribution < -0.4 is 0 Å². The minimum Gasteiger partial charge on any atom is -0.151 e. The van der Waals surface area contributed by atoms with Crippen LogP contribution in [0, 0.1) is 19.6 Å². The predicted octanol–water partition coefficient (Wildman–Crippen LogP) is 4.05. The topological polar surface area (TPSA) is 118 Å². The van der Waals surface area contributed by atoms with Crippen molar-refractivity contribution in [2.24, 2.45) is 20.7 Å². The van der Waals surface area contributed by atoms with Gasteiger partial charge in [-0.05, 0) is 51.9 Å². The van der Waals surface area contributed by atoms with Crippen molar-refractivity contribution in [2.75, 3.05) is 0 Å². The molecule has 0 saturated carbocycles. The van der Waals surface area contributed by atoms with E-state index >= 15 is 0 Å². The highest BCUT2D eigenvalue weighted by Gasteiger charge is 2.39. The number of rotatable bonds is 12. The third kappa shape index (κ3) is 7.26. The fraction of sp³-hybridized carbons (Fsp3) is 1.00. The van der Waals surface area contributed by atoms with E-state index in [9.17, 15) is 19.6 Å². The highest BCUT2D eigenvalue weighted by molar-refractivity contribution is 6.80. The zero-order valence-electron chi connectivity index (χ0n) is 13.1. The molecule has 8 nitrogen and oxygen atoms in total. The Labute approximate surface area is 125 Å². The van der Waals surface area contributed by atoms with Gasteiger partial charge in [0, 0.05) is 0 Å². The summed E-state index contributed by atoms with van der Waals surface area (Å²) in [6.45, 7) is 6.80. The zero-order valence-corrected chi connectivity index (χ0v) is 14.1. The van der Waals surface area contributed by atoms with Crippen LogP contribution >= 0.6 is 0 Å². The van der Waals surface area contributed by atoms with E-state index < -0.39 is 32.2 Å². The molecular weight excluding hydrogens is 292 g/mol. The largest absolute Gasteiger partial charge is 0.151 e. The monoisotopic (exact) mass is 316 g/mol.